The normalized spacial score (nSPS) is 10.3. The van der Waals surface area contributed by atoms with Crippen LogP contribution in [-0.4, -0.2) is 39.3 Å². The van der Waals surface area contributed by atoms with Crippen LogP contribution in [0.5, 0.6) is 5.75 Å². The molecule has 0 bridgehead atoms. The van der Waals surface area contributed by atoms with Gasteiger partial charge in [-0.1, -0.05) is 25.1 Å². The van der Waals surface area contributed by atoms with E-state index in [2.05, 4.69) is 17.6 Å². The van der Waals surface area contributed by atoms with Crippen molar-refractivity contribution in [1.82, 2.24) is 10.6 Å². The summed E-state index contributed by atoms with van der Waals surface area (Å²) in [6, 6.07) is 7.75. The number of methoxy groups -OCH3 is 1. The molecule has 0 aromatic heterocycles. The monoisotopic (exact) mass is 280 g/mol. The van der Waals surface area contributed by atoms with Crippen molar-refractivity contribution in [2.45, 2.75) is 19.9 Å². The number of hydrogen-bond donors (Lipinski definition) is 2. The van der Waals surface area contributed by atoms with Crippen LogP contribution >= 0.6 is 0 Å². The summed E-state index contributed by atoms with van der Waals surface area (Å²) in [5, 5.41) is 6.05. The maximum absolute atomic E-state index is 11.6. The average Bonchev–Trinajstić information content (AvgIpc) is 2.47. The van der Waals surface area contributed by atoms with Gasteiger partial charge in [-0.25, -0.2) is 0 Å². The Balaban J connectivity index is 2.40. The van der Waals surface area contributed by atoms with E-state index in [1.54, 1.807) is 7.11 Å². The third kappa shape index (κ3) is 6.54. The zero-order chi connectivity index (χ0) is 14.6. The molecule has 0 unspecified atom stereocenters. The van der Waals surface area contributed by atoms with E-state index in [1.807, 2.05) is 24.3 Å². The molecular weight excluding hydrogens is 256 g/mol. The number of amides is 1. The number of carbonyl (C=O) groups is 1. The van der Waals surface area contributed by atoms with Crippen LogP contribution in [0.3, 0.4) is 0 Å². The zero-order valence-electron chi connectivity index (χ0n) is 12.3. The molecule has 1 rings (SSSR count). The number of ether oxygens (including phenoxy) is 2. The summed E-state index contributed by atoms with van der Waals surface area (Å²) in [4.78, 5) is 11.6. The lowest BCUT2D eigenvalue weighted by atomic mass is 10.2. The Kier molecular flexibility index (Phi) is 8.42. The molecular formula is C15H24N2O3. The second-order valence-corrected chi connectivity index (χ2v) is 4.42. The molecule has 5 nitrogen and oxygen atoms in total. The van der Waals surface area contributed by atoms with Gasteiger partial charge in [-0.15, -0.1) is 0 Å². The van der Waals surface area contributed by atoms with Crippen LogP contribution < -0.4 is 15.4 Å². The van der Waals surface area contributed by atoms with Crippen molar-refractivity contribution in [3.63, 3.8) is 0 Å². The van der Waals surface area contributed by atoms with E-state index >= 15 is 0 Å². The molecule has 0 saturated carbocycles. The van der Waals surface area contributed by atoms with Crippen molar-refractivity contribution in [2.24, 2.45) is 0 Å². The molecule has 0 saturated heterocycles. The smallest absolute Gasteiger partial charge is 0.258 e. The van der Waals surface area contributed by atoms with Crippen LogP contribution in [0.25, 0.3) is 0 Å². The van der Waals surface area contributed by atoms with Gasteiger partial charge in [0.05, 0.1) is 6.61 Å². The standard InChI is InChI=1S/C15H24N2O3/c1-3-8-16-11-13-6-4-5-7-14(13)20-12-15(18)17-9-10-19-2/h4-7,16H,3,8-12H2,1-2H3,(H,17,18). The van der Waals surface area contributed by atoms with Crippen LogP contribution in [0.15, 0.2) is 24.3 Å². The number of carbonyl (C=O) groups excluding carboxylic acids is 1. The molecule has 0 aliphatic carbocycles. The lowest BCUT2D eigenvalue weighted by molar-refractivity contribution is -0.123. The quantitative estimate of drug-likeness (QED) is 0.635. The zero-order valence-corrected chi connectivity index (χ0v) is 12.3. The molecule has 0 aliphatic rings. The van der Waals surface area contributed by atoms with Gasteiger partial charge in [0.25, 0.3) is 5.91 Å². The molecule has 2 N–H and O–H groups in total. The third-order valence-electron chi connectivity index (χ3n) is 2.70. The van der Waals surface area contributed by atoms with Crippen molar-refractivity contribution >= 4 is 5.91 Å². The maximum Gasteiger partial charge on any atom is 0.258 e. The highest BCUT2D eigenvalue weighted by molar-refractivity contribution is 5.77. The maximum atomic E-state index is 11.6. The molecule has 0 spiro atoms. The molecule has 0 fully saturated rings. The fourth-order valence-electron chi connectivity index (χ4n) is 1.68. The molecule has 1 aromatic carbocycles. The van der Waals surface area contributed by atoms with Crippen LogP contribution in [0, 0.1) is 0 Å². The lowest BCUT2D eigenvalue weighted by Gasteiger charge is -2.12. The van der Waals surface area contributed by atoms with Gasteiger partial charge in [-0.05, 0) is 19.0 Å². The van der Waals surface area contributed by atoms with Crippen LogP contribution in [-0.2, 0) is 16.1 Å². The summed E-state index contributed by atoms with van der Waals surface area (Å²) >= 11 is 0. The highest BCUT2D eigenvalue weighted by Gasteiger charge is 2.06. The molecule has 112 valence electrons. The summed E-state index contributed by atoms with van der Waals surface area (Å²) in [6.07, 6.45) is 1.09. The number of nitrogens with one attached hydrogen (secondary N) is 2. The lowest BCUT2D eigenvalue weighted by Crippen LogP contribution is -2.31. The molecule has 0 aliphatic heterocycles. The first-order valence-corrected chi connectivity index (χ1v) is 6.95. The number of para-hydroxylation sites is 1. The Labute approximate surface area is 120 Å². The third-order valence-corrected chi connectivity index (χ3v) is 2.70. The number of hydrogen-bond acceptors (Lipinski definition) is 4. The highest BCUT2D eigenvalue weighted by Crippen LogP contribution is 2.17. The minimum atomic E-state index is -0.140. The van der Waals surface area contributed by atoms with Gasteiger partial charge in [0.1, 0.15) is 5.75 Å². The summed E-state index contributed by atoms with van der Waals surface area (Å²) in [5.74, 6) is 0.608. The van der Waals surface area contributed by atoms with Gasteiger partial charge < -0.3 is 20.1 Å². The number of rotatable bonds is 10. The average molecular weight is 280 g/mol. The summed E-state index contributed by atoms with van der Waals surface area (Å²) < 4.78 is 10.4. The first-order chi connectivity index (χ1) is 9.77. The predicted octanol–water partition coefficient (Wildman–Crippen LogP) is 1.33. The van der Waals surface area contributed by atoms with Crippen LogP contribution in [0.4, 0.5) is 0 Å². The second kappa shape index (κ2) is 10.2. The van der Waals surface area contributed by atoms with E-state index in [9.17, 15) is 4.79 Å². The first kappa shape index (κ1) is 16.5. The predicted molar refractivity (Wildman–Crippen MR) is 78.8 cm³/mol. The van der Waals surface area contributed by atoms with Crippen molar-refractivity contribution in [3.05, 3.63) is 29.8 Å². The fourth-order valence-corrected chi connectivity index (χ4v) is 1.68. The Morgan fingerprint density at radius 1 is 1.25 bits per heavy atom. The molecule has 5 heteroatoms. The fraction of sp³-hybridized carbons (Fsp3) is 0.533. The molecule has 1 aromatic rings. The van der Waals surface area contributed by atoms with Crippen molar-refractivity contribution in [3.8, 4) is 5.75 Å². The van der Waals surface area contributed by atoms with Crippen LogP contribution in [0.2, 0.25) is 0 Å². The van der Waals surface area contributed by atoms with Gasteiger partial charge in [-0.3, -0.25) is 4.79 Å². The van der Waals surface area contributed by atoms with E-state index in [4.69, 9.17) is 9.47 Å². The van der Waals surface area contributed by atoms with Gasteiger partial charge in [0.2, 0.25) is 0 Å². The van der Waals surface area contributed by atoms with E-state index in [0.29, 0.717) is 13.2 Å². The highest BCUT2D eigenvalue weighted by atomic mass is 16.5. The first-order valence-electron chi connectivity index (χ1n) is 6.95. The minimum absolute atomic E-state index is 0.0223. The Hall–Kier alpha value is -1.59. The Bertz CT molecular complexity index is 396. The van der Waals surface area contributed by atoms with E-state index in [0.717, 1.165) is 30.8 Å². The topological polar surface area (TPSA) is 59.6 Å². The molecule has 20 heavy (non-hydrogen) atoms. The second-order valence-electron chi connectivity index (χ2n) is 4.42. The molecule has 0 heterocycles. The van der Waals surface area contributed by atoms with E-state index in [-0.39, 0.29) is 12.5 Å². The summed E-state index contributed by atoms with van der Waals surface area (Å²) in [6.45, 7) is 4.86. The minimum Gasteiger partial charge on any atom is -0.483 e. The Morgan fingerprint density at radius 2 is 2.05 bits per heavy atom. The number of benzene rings is 1. The van der Waals surface area contributed by atoms with Crippen molar-refractivity contribution in [1.29, 1.82) is 0 Å². The van der Waals surface area contributed by atoms with Crippen molar-refractivity contribution in [2.75, 3.05) is 33.4 Å². The van der Waals surface area contributed by atoms with Gasteiger partial charge >= 0.3 is 0 Å². The molecule has 0 radical (unpaired) electrons. The van der Waals surface area contributed by atoms with E-state index < -0.39 is 0 Å². The van der Waals surface area contributed by atoms with Gasteiger partial charge in [0, 0.05) is 25.8 Å². The summed E-state index contributed by atoms with van der Waals surface area (Å²) in [7, 11) is 1.60. The largest absolute Gasteiger partial charge is 0.483 e. The van der Waals surface area contributed by atoms with Crippen molar-refractivity contribution < 1.29 is 14.3 Å². The Morgan fingerprint density at radius 3 is 2.80 bits per heavy atom. The molecule has 1 amide bonds. The summed E-state index contributed by atoms with van der Waals surface area (Å²) in [5.41, 5.74) is 1.06. The van der Waals surface area contributed by atoms with Gasteiger partial charge in [0.15, 0.2) is 6.61 Å². The van der Waals surface area contributed by atoms with Crippen LogP contribution in [0.1, 0.15) is 18.9 Å². The molecule has 0 atom stereocenters. The SMILES string of the molecule is CCCNCc1ccccc1OCC(=O)NCCOC. The van der Waals surface area contributed by atoms with Gasteiger partial charge in [-0.2, -0.15) is 0 Å². The van der Waals surface area contributed by atoms with E-state index in [1.165, 1.54) is 0 Å².